The molecular formula is C19H22N6O2. The van der Waals surface area contributed by atoms with Crippen LogP contribution in [-0.4, -0.2) is 67.7 Å². The van der Waals surface area contributed by atoms with Crippen LogP contribution < -0.4 is 5.56 Å². The number of hydrogen-bond donors (Lipinski definition) is 1. The Hall–Kier alpha value is -3.00. The van der Waals surface area contributed by atoms with Gasteiger partial charge in [0.15, 0.2) is 11.2 Å². The highest BCUT2D eigenvalue weighted by molar-refractivity contribution is 5.98. The Labute approximate surface area is 156 Å². The molecule has 3 heterocycles. The molecular weight excluding hydrogens is 344 g/mol. The van der Waals surface area contributed by atoms with Crippen molar-refractivity contribution in [2.24, 2.45) is 0 Å². The van der Waals surface area contributed by atoms with E-state index in [0.29, 0.717) is 24.8 Å². The number of H-pyrrole nitrogens is 1. The van der Waals surface area contributed by atoms with Crippen LogP contribution in [0.2, 0.25) is 0 Å². The summed E-state index contributed by atoms with van der Waals surface area (Å²) in [5, 5.41) is 8.02. The van der Waals surface area contributed by atoms with Crippen molar-refractivity contribution in [1.82, 2.24) is 29.6 Å². The molecule has 4 rings (SSSR count). The summed E-state index contributed by atoms with van der Waals surface area (Å²) in [5.74, 6) is -0.244. The van der Waals surface area contributed by atoms with Crippen LogP contribution in [0.15, 0.2) is 41.3 Å². The molecule has 0 aliphatic carbocycles. The lowest BCUT2D eigenvalue weighted by Crippen LogP contribution is -2.50. The van der Waals surface area contributed by atoms with Crippen molar-refractivity contribution in [2.45, 2.75) is 19.9 Å². The third-order valence-electron chi connectivity index (χ3n) is 5.03. The molecule has 0 atom stereocenters. The molecule has 0 spiro atoms. The van der Waals surface area contributed by atoms with Crippen LogP contribution in [0.3, 0.4) is 0 Å². The number of fused-ring (bicyclic) bond motifs is 1. The lowest BCUT2D eigenvalue weighted by Gasteiger charge is -2.36. The van der Waals surface area contributed by atoms with Crippen molar-refractivity contribution in [1.29, 1.82) is 0 Å². The lowest BCUT2D eigenvalue weighted by molar-refractivity contribution is 0.0591. The van der Waals surface area contributed by atoms with Gasteiger partial charge in [0, 0.05) is 32.2 Å². The summed E-state index contributed by atoms with van der Waals surface area (Å²) < 4.78 is 1.39. The SMILES string of the molecule is CC(C)N1CCN(C(=O)c2nnn3cc(-c4ccccc4)[nH]c(=O)c23)CC1. The van der Waals surface area contributed by atoms with E-state index in [1.165, 1.54) is 4.52 Å². The summed E-state index contributed by atoms with van der Waals surface area (Å²) in [7, 11) is 0. The van der Waals surface area contributed by atoms with Gasteiger partial charge in [-0.15, -0.1) is 5.10 Å². The maximum absolute atomic E-state index is 12.9. The second-order valence-electron chi connectivity index (χ2n) is 7.02. The average Bonchev–Trinajstić information content (AvgIpc) is 3.13. The van der Waals surface area contributed by atoms with Gasteiger partial charge in [0.1, 0.15) is 0 Å². The van der Waals surface area contributed by atoms with Gasteiger partial charge in [-0.1, -0.05) is 35.5 Å². The highest BCUT2D eigenvalue weighted by Crippen LogP contribution is 2.16. The Balaban J connectivity index is 1.64. The van der Waals surface area contributed by atoms with Gasteiger partial charge in [-0.2, -0.15) is 0 Å². The molecule has 1 fully saturated rings. The molecule has 1 saturated heterocycles. The van der Waals surface area contributed by atoms with E-state index in [1.54, 1.807) is 11.1 Å². The third kappa shape index (κ3) is 3.23. The van der Waals surface area contributed by atoms with Crippen molar-refractivity contribution >= 4 is 11.4 Å². The van der Waals surface area contributed by atoms with E-state index in [0.717, 1.165) is 18.7 Å². The molecule has 1 amide bonds. The zero-order valence-electron chi connectivity index (χ0n) is 15.4. The minimum absolute atomic E-state index is 0.105. The summed E-state index contributed by atoms with van der Waals surface area (Å²) in [6.45, 7) is 7.17. The number of piperazine rings is 1. The second kappa shape index (κ2) is 6.96. The first-order valence-corrected chi connectivity index (χ1v) is 9.11. The Kier molecular flexibility index (Phi) is 4.49. The number of carbonyl (C=O) groups is 1. The first-order valence-electron chi connectivity index (χ1n) is 9.11. The molecule has 0 radical (unpaired) electrons. The van der Waals surface area contributed by atoms with Gasteiger partial charge in [-0.25, -0.2) is 4.52 Å². The topological polar surface area (TPSA) is 86.6 Å². The third-order valence-corrected chi connectivity index (χ3v) is 5.03. The zero-order chi connectivity index (χ0) is 19.0. The lowest BCUT2D eigenvalue weighted by atomic mass is 10.1. The summed E-state index contributed by atoms with van der Waals surface area (Å²) >= 11 is 0. The van der Waals surface area contributed by atoms with Gasteiger partial charge in [-0.05, 0) is 19.4 Å². The van der Waals surface area contributed by atoms with E-state index in [9.17, 15) is 9.59 Å². The Morgan fingerprint density at radius 1 is 1.11 bits per heavy atom. The Morgan fingerprint density at radius 2 is 1.81 bits per heavy atom. The predicted octanol–water partition coefficient (Wildman–Crippen LogP) is 1.25. The van der Waals surface area contributed by atoms with Crippen LogP contribution in [0.5, 0.6) is 0 Å². The Morgan fingerprint density at radius 3 is 2.48 bits per heavy atom. The van der Waals surface area contributed by atoms with E-state index in [4.69, 9.17) is 0 Å². The van der Waals surface area contributed by atoms with Crippen molar-refractivity contribution in [3.05, 3.63) is 52.6 Å². The average molecular weight is 366 g/mol. The number of amides is 1. The van der Waals surface area contributed by atoms with E-state index in [2.05, 4.69) is 34.0 Å². The normalized spacial score (nSPS) is 15.6. The van der Waals surface area contributed by atoms with Crippen LogP contribution in [0.1, 0.15) is 24.3 Å². The van der Waals surface area contributed by atoms with Gasteiger partial charge >= 0.3 is 0 Å². The molecule has 0 saturated carbocycles. The maximum Gasteiger partial charge on any atom is 0.277 e. The monoisotopic (exact) mass is 366 g/mol. The molecule has 1 aliphatic rings. The number of carbonyl (C=O) groups excluding carboxylic acids is 1. The minimum atomic E-state index is -0.370. The standard InChI is InChI=1S/C19H22N6O2/c1-13(2)23-8-10-24(11-9-23)19(27)16-17-18(26)20-15(12-25(17)22-21-16)14-6-4-3-5-7-14/h3-7,12-13H,8-11H2,1-2H3,(H,20,26). The highest BCUT2D eigenvalue weighted by atomic mass is 16.2. The van der Waals surface area contributed by atoms with Crippen molar-refractivity contribution in [3.8, 4) is 11.3 Å². The summed E-state index contributed by atoms with van der Waals surface area (Å²) in [6, 6.07) is 9.95. The fourth-order valence-electron chi connectivity index (χ4n) is 3.43. The van der Waals surface area contributed by atoms with Gasteiger partial charge in [0.2, 0.25) is 0 Å². The second-order valence-corrected chi connectivity index (χ2v) is 7.02. The predicted molar refractivity (Wildman–Crippen MR) is 102 cm³/mol. The molecule has 3 aromatic rings. The number of benzene rings is 1. The van der Waals surface area contributed by atoms with Gasteiger partial charge in [0.25, 0.3) is 11.5 Å². The largest absolute Gasteiger partial charge is 0.335 e. The molecule has 1 N–H and O–H groups in total. The van der Waals surface area contributed by atoms with Gasteiger partial charge in [0.05, 0.1) is 11.9 Å². The zero-order valence-corrected chi connectivity index (χ0v) is 15.4. The number of rotatable bonds is 3. The molecule has 8 nitrogen and oxygen atoms in total. The number of aromatic nitrogens is 4. The van der Waals surface area contributed by atoms with Crippen molar-refractivity contribution < 1.29 is 4.79 Å². The van der Waals surface area contributed by atoms with Crippen LogP contribution >= 0.6 is 0 Å². The molecule has 1 aliphatic heterocycles. The molecule has 0 bridgehead atoms. The Bertz CT molecular complexity index is 1020. The van der Waals surface area contributed by atoms with Crippen molar-refractivity contribution in [3.63, 3.8) is 0 Å². The number of nitrogens with one attached hydrogen (secondary N) is 1. The molecule has 0 unspecified atom stereocenters. The summed E-state index contributed by atoms with van der Waals surface area (Å²) in [5.41, 5.74) is 1.41. The number of nitrogens with zero attached hydrogens (tertiary/aromatic N) is 5. The minimum Gasteiger partial charge on any atom is -0.335 e. The molecule has 2 aromatic heterocycles. The fraction of sp³-hybridized carbons (Fsp3) is 0.368. The quantitative estimate of drug-likeness (QED) is 0.754. The first-order chi connectivity index (χ1) is 13.0. The number of hydrogen-bond acceptors (Lipinski definition) is 5. The first kappa shape index (κ1) is 17.4. The molecule has 140 valence electrons. The van der Waals surface area contributed by atoms with Crippen LogP contribution in [0.4, 0.5) is 0 Å². The molecule has 1 aromatic carbocycles. The summed E-state index contributed by atoms with van der Waals surface area (Å²) in [4.78, 5) is 32.5. The molecule has 27 heavy (non-hydrogen) atoms. The smallest absolute Gasteiger partial charge is 0.277 e. The van der Waals surface area contributed by atoms with E-state index in [1.807, 2.05) is 30.3 Å². The van der Waals surface area contributed by atoms with Gasteiger partial charge in [-0.3, -0.25) is 14.5 Å². The number of aromatic amines is 1. The van der Waals surface area contributed by atoms with E-state index in [-0.39, 0.29) is 22.7 Å². The van der Waals surface area contributed by atoms with Crippen LogP contribution in [0.25, 0.3) is 16.8 Å². The summed E-state index contributed by atoms with van der Waals surface area (Å²) in [6.07, 6.45) is 1.69. The van der Waals surface area contributed by atoms with Crippen LogP contribution in [0, 0.1) is 0 Å². The molecule has 8 heteroatoms. The van der Waals surface area contributed by atoms with Crippen molar-refractivity contribution in [2.75, 3.05) is 26.2 Å². The fourth-order valence-corrected chi connectivity index (χ4v) is 3.43. The van der Waals surface area contributed by atoms with E-state index < -0.39 is 0 Å². The maximum atomic E-state index is 12.9. The van der Waals surface area contributed by atoms with Crippen LogP contribution in [-0.2, 0) is 0 Å². The highest BCUT2D eigenvalue weighted by Gasteiger charge is 2.27. The van der Waals surface area contributed by atoms with Gasteiger partial charge < -0.3 is 9.88 Å². The van der Waals surface area contributed by atoms with E-state index >= 15 is 0 Å².